The number of benzene rings is 1. The van der Waals surface area contributed by atoms with Crippen LogP contribution in [0.5, 0.6) is 0 Å². The number of nitrogens with zero attached hydrogens (tertiary/aromatic N) is 1. The van der Waals surface area contributed by atoms with Crippen molar-refractivity contribution >= 4 is 5.91 Å². The highest BCUT2D eigenvalue weighted by atomic mass is 19.2. The lowest BCUT2D eigenvalue weighted by atomic mass is 10.1. The molecule has 1 N–H and O–H groups in total. The monoisotopic (exact) mass is 296 g/mol. The minimum atomic E-state index is -1.05. The smallest absolute Gasteiger partial charge is 0.256 e. The number of carbonyl (C=O) groups excluding carboxylic acids is 1. The molecule has 1 saturated heterocycles. The molecule has 1 fully saturated rings. The van der Waals surface area contributed by atoms with Crippen LogP contribution in [0.1, 0.15) is 43.0 Å². The molecule has 116 valence electrons. The van der Waals surface area contributed by atoms with Crippen molar-refractivity contribution in [3.05, 3.63) is 35.4 Å². The van der Waals surface area contributed by atoms with E-state index in [1.165, 1.54) is 12.1 Å². The molecule has 0 aliphatic carbocycles. The second-order valence-electron chi connectivity index (χ2n) is 5.50. The molecule has 1 aromatic carbocycles. The molecule has 1 unspecified atom stereocenters. The minimum absolute atomic E-state index is 0.177. The van der Waals surface area contributed by atoms with Gasteiger partial charge < -0.3 is 10.2 Å². The van der Waals surface area contributed by atoms with Crippen molar-refractivity contribution in [1.29, 1.82) is 0 Å². The van der Waals surface area contributed by atoms with Crippen molar-refractivity contribution in [2.24, 2.45) is 0 Å². The highest BCUT2D eigenvalue weighted by Gasteiger charge is 2.24. The minimum Gasteiger partial charge on any atom is -0.337 e. The molecular formula is C16H22F2N2O. The Labute approximate surface area is 124 Å². The molecular weight excluding hydrogens is 274 g/mol. The third-order valence-electron chi connectivity index (χ3n) is 3.85. The second kappa shape index (κ2) is 7.50. The summed E-state index contributed by atoms with van der Waals surface area (Å²) in [6.45, 7) is 4.12. The van der Waals surface area contributed by atoms with Crippen LogP contribution in [0, 0.1) is 11.6 Å². The van der Waals surface area contributed by atoms with E-state index in [9.17, 15) is 13.6 Å². The summed E-state index contributed by atoms with van der Waals surface area (Å²) in [7, 11) is 0. The van der Waals surface area contributed by atoms with Crippen LogP contribution in [-0.2, 0) is 0 Å². The fraction of sp³-hybridized carbons (Fsp3) is 0.562. The maximum Gasteiger partial charge on any atom is 0.256 e. The van der Waals surface area contributed by atoms with Crippen LogP contribution in [-0.4, -0.2) is 36.5 Å². The topological polar surface area (TPSA) is 32.3 Å². The zero-order chi connectivity index (χ0) is 15.2. The second-order valence-corrected chi connectivity index (χ2v) is 5.50. The van der Waals surface area contributed by atoms with Gasteiger partial charge >= 0.3 is 0 Å². The van der Waals surface area contributed by atoms with Gasteiger partial charge in [-0.25, -0.2) is 8.78 Å². The zero-order valence-electron chi connectivity index (χ0n) is 12.4. The number of halogens is 2. The van der Waals surface area contributed by atoms with Gasteiger partial charge in [0.25, 0.3) is 5.91 Å². The lowest BCUT2D eigenvalue weighted by molar-refractivity contribution is 0.0733. The molecule has 2 rings (SSSR count). The first-order chi connectivity index (χ1) is 10.1. The molecule has 1 aliphatic rings. The van der Waals surface area contributed by atoms with Crippen molar-refractivity contribution in [3.8, 4) is 0 Å². The fourth-order valence-corrected chi connectivity index (χ4v) is 2.64. The Bertz CT molecular complexity index is 487. The summed E-state index contributed by atoms with van der Waals surface area (Å²) in [6, 6.07) is 4.00. The zero-order valence-corrected chi connectivity index (χ0v) is 12.4. The van der Waals surface area contributed by atoms with Gasteiger partial charge in [0, 0.05) is 19.1 Å². The van der Waals surface area contributed by atoms with Gasteiger partial charge in [-0.1, -0.05) is 19.4 Å². The maximum atomic E-state index is 13.8. The first-order valence-electron chi connectivity index (χ1n) is 7.60. The van der Waals surface area contributed by atoms with Crippen molar-refractivity contribution < 1.29 is 13.6 Å². The summed E-state index contributed by atoms with van der Waals surface area (Å²) in [6.07, 6.45) is 3.92. The SMILES string of the molecule is CCCCN(CC1CCCN1)C(=O)c1cccc(F)c1F. The van der Waals surface area contributed by atoms with Crippen LogP contribution >= 0.6 is 0 Å². The normalized spacial score (nSPS) is 18.0. The molecule has 0 saturated carbocycles. The Morgan fingerprint density at radius 1 is 1.43 bits per heavy atom. The number of carbonyl (C=O) groups is 1. The molecule has 3 nitrogen and oxygen atoms in total. The fourth-order valence-electron chi connectivity index (χ4n) is 2.64. The lowest BCUT2D eigenvalue weighted by Gasteiger charge is -2.26. The van der Waals surface area contributed by atoms with Crippen molar-refractivity contribution in [2.75, 3.05) is 19.6 Å². The summed E-state index contributed by atoms with van der Waals surface area (Å²) in [5.74, 6) is -2.45. The van der Waals surface area contributed by atoms with E-state index in [0.717, 1.165) is 38.3 Å². The standard InChI is InChI=1S/C16H22F2N2O/c1-2-3-10-20(11-12-6-5-9-19-12)16(21)13-7-4-8-14(17)15(13)18/h4,7-8,12,19H,2-3,5-6,9-11H2,1H3. The van der Waals surface area contributed by atoms with Crippen LogP contribution in [0.4, 0.5) is 8.78 Å². The molecule has 0 bridgehead atoms. The largest absolute Gasteiger partial charge is 0.337 e. The summed E-state index contributed by atoms with van der Waals surface area (Å²) < 4.78 is 27.1. The van der Waals surface area contributed by atoms with Gasteiger partial charge in [0.2, 0.25) is 0 Å². The number of hydrogen-bond acceptors (Lipinski definition) is 2. The Hall–Kier alpha value is -1.49. The van der Waals surface area contributed by atoms with Crippen molar-refractivity contribution in [3.63, 3.8) is 0 Å². The van der Waals surface area contributed by atoms with Gasteiger partial charge in [0.1, 0.15) is 0 Å². The van der Waals surface area contributed by atoms with Crippen LogP contribution in [0.2, 0.25) is 0 Å². The predicted octanol–water partition coefficient (Wildman–Crippen LogP) is 2.96. The predicted molar refractivity (Wildman–Crippen MR) is 78.2 cm³/mol. The molecule has 1 heterocycles. The Balaban J connectivity index is 2.13. The number of unbranched alkanes of at least 4 members (excludes halogenated alkanes) is 1. The Morgan fingerprint density at radius 3 is 2.90 bits per heavy atom. The summed E-state index contributed by atoms with van der Waals surface area (Å²) in [5, 5.41) is 3.33. The first kappa shape index (κ1) is 15.9. The van der Waals surface area contributed by atoms with Gasteiger partial charge in [-0.05, 0) is 37.9 Å². The quantitative estimate of drug-likeness (QED) is 0.875. The average molecular weight is 296 g/mol. The van der Waals surface area contributed by atoms with E-state index in [4.69, 9.17) is 0 Å². The van der Waals surface area contributed by atoms with Gasteiger partial charge in [0.15, 0.2) is 11.6 Å². The molecule has 1 atom stereocenters. The average Bonchev–Trinajstić information content (AvgIpc) is 2.98. The third kappa shape index (κ3) is 4.00. The van der Waals surface area contributed by atoms with Gasteiger partial charge in [-0.3, -0.25) is 4.79 Å². The van der Waals surface area contributed by atoms with Crippen molar-refractivity contribution in [2.45, 2.75) is 38.6 Å². The molecule has 0 aromatic heterocycles. The van der Waals surface area contributed by atoms with E-state index >= 15 is 0 Å². The number of amides is 1. The van der Waals surface area contributed by atoms with Crippen LogP contribution in [0.25, 0.3) is 0 Å². The van der Waals surface area contributed by atoms with E-state index in [-0.39, 0.29) is 11.6 Å². The van der Waals surface area contributed by atoms with Gasteiger partial charge in [0.05, 0.1) is 5.56 Å². The van der Waals surface area contributed by atoms with E-state index in [0.29, 0.717) is 13.1 Å². The maximum absolute atomic E-state index is 13.8. The third-order valence-corrected chi connectivity index (χ3v) is 3.85. The van der Waals surface area contributed by atoms with E-state index in [1.807, 2.05) is 6.92 Å². The number of rotatable bonds is 6. The molecule has 21 heavy (non-hydrogen) atoms. The summed E-state index contributed by atoms with van der Waals surface area (Å²) in [4.78, 5) is 14.1. The van der Waals surface area contributed by atoms with Gasteiger partial charge in [-0.2, -0.15) is 0 Å². The Morgan fingerprint density at radius 2 is 2.24 bits per heavy atom. The highest BCUT2D eigenvalue weighted by molar-refractivity contribution is 5.94. The summed E-state index contributed by atoms with van der Waals surface area (Å²) >= 11 is 0. The number of hydrogen-bond donors (Lipinski definition) is 1. The van der Waals surface area contributed by atoms with Crippen molar-refractivity contribution in [1.82, 2.24) is 10.2 Å². The first-order valence-corrected chi connectivity index (χ1v) is 7.60. The lowest BCUT2D eigenvalue weighted by Crippen LogP contribution is -2.42. The number of nitrogens with one attached hydrogen (secondary N) is 1. The van der Waals surface area contributed by atoms with E-state index < -0.39 is 17.5 Å². The van der Waals surface area contributed by atoms with Crippen LogP contribution in [0.15, 0.2) is 18.2 Å². The van der Waals surface area contributed by atoms with E-state index in [2.05, 4.69) is 5.32 Å². The molecule has 5 heteroatoms. The Kier molecular flexibility index (Phi) is 5.67. The summed E-state index contributed by atoms with van der Waals surface area (Å²) in [5.41, 5.74) is -0.177. The van der Waals surface area contributed by atoms with Gasteiger partial charge in [-0.15, -0.1) is 0 Å². The molecule has 0 radical (unpaired) electrons. The van der Waals surface area contributed by atoms with E-state index in [1.54, 1.807) is 4.90 Å². The van der Waals surface area contributed by atoms with Crippen LogP contribution < -0.4 is 5.32 Å². The highest BCUT2D eigenvalue weighted by Crippen LogP contribution is 2.16. The molecule has 0 spiro atoms. The molecule has 1 aromatic rings. The molecule has 1 amide bonds. The van der Waals surface area contributed by atoms with Crippen LogP contribution in [0.3, 0.4) is 0 Å². The molecule has 1 aliphatic heterocycles.